The van der Waals surface area contributed by atoms with Crippen LogP contribution in [-0.4, -0.2) is 44.5 Å². The van der Waals surface area contributed by atoms with Crippen LogP contribution in [0.4, 0.5) is 16.3 Å². The Morgan fingerprint density at radius 3 is 2.93 bits per heavy atom. The number of nitrogens with one attached hydrogen (secondary N) is 4. The number of aromatic amines is 1. The van der Waals surface area contributed by atoms with Crippen molar-refractivity contribution in [3.8, 4) is 0 Å². The summed E-state index contributed by atoms with van der Waals surface area (Å²) in [6.45, 7) is 0.654. The van der Waals surface area contributed by atoms with Crippen LogP contribution in [0.3, 0.4) is 0 Å². The number of nitrogens with zero attached hydrogens (tertiary/aromatic N) is 3. The number of benzene rings is 1. The number of urea groups is 1. The largest absolute Gasteiger partial charge is 0.337 e. The number of anilines is 2. The fraction of sp³-hybridized carbons (Fsp3) is 0.333. The molecule has 0 spiro atoms. The fourth-order valence-electron chi connectivity index (χ4n) is 3.40. The zero-order valence-corrected chi connectivity index (χ0v) is 14.6. The molecule has 2 aromatic heterocycles. The van der Waals surface area contributed by atoms with E-state index < -0.39 is 0 Å². The lowest BCUT2D eigenvalue weighted by Crippen LogP contribution is -2.31. The molecule has 1 aliphatic heterocycles. The van der Waals surface area contributed by atoms with E-state index in [0.29, 0.717) is 30.1 Å². The number of carbonyl (C=O) groups is 2. The Hall–Kier alpha value is -3.36. The fourth-order valence-corrected chi connectivity index (χ4v) is 3.40. The van der Waals surface area contributed by atoms with Crippen LogP contribution >= 0.6 is 0 Å². The van der Waals surface area contributed by atoms with Gasteiger partial charge in [-0.15, -0.1) is 0 Å². The lowest BCUT2D eigenvalue weighted by Gasteiger charge is -2.17. The molecule has 0 atom stereocenters. The molecular formula is C18H19N7O2. The molecule has 9 nitrogen and oxygen atoms in total. The van der Waals surface area contributed by atoms with E-state index in [1.54, 1.807) is 5.01 Å². The van der Waals surface area contributed by atoms with E-state index >= 15 is 0 Å². The van der Waals surface area contributed by atoms with E-state index in [-0.39, 0.29) is 18.0 Å². The molecule has 2 aliphatic rings. The standard InChI is InChI=1S/C18H19N7O2/c26-13-5-2-8-25(13)24-17-14-11-3-1-4-12(22-18(27)21-10-6-7-10)15(11)23-16(14)19-9-20-17/h1,3-4,9-10H,2,5-8H2,(H2,21,22,27)(H2,19,20,23,24). The van der Waals surface area contributed by atoms with Crippen molar-refractivity contribution >= 4 is 45.4 Å². The first kappa shape index (κ1) is 15.9. The van der Waals surface area contributed by atoms with Gasteiger partial charge in [0.05, 0.1) is 16.6 Å². The normalized spacial score (nSPS) is 16.9. The van der Waals surface area contributed by atoms with Gasteiger partial charge in [0.15, 0.2) is 5.82 Å². The summed E-state index contributed by atoms with van der Waals surface area (Å²) in [6, 6.07) is 5.73. The molecule has 4 N–H and O–H groups in total. The molecule has 3 heterocycles. The van der Waals surface area contributed by atoms with Crippen LogP contribution in [0.5, 0.6) is 0 Å². The number of hydrogen-bond acceptors (Lipinski definition) is 5. The van der Waals surface area contributed by atoms with Gasteiger partial charge in [-0.2, -0.15) is 0 Å². The van der Waals surface area contributed by atoms with E-state index in [9.17, 15) is 9.59 Å². The predicted molar refractivity (Wildman–Crippen MR) is 101 cm³/mol. The maximum atomic E-state index is 12.1. The summed E-state index contributed by atoms with van der Waals surface area (Å²) in [6.07, 6.45) is 4.89. The summed E-state index contributed by atoms with van der Waals surface area (Å²) >= 11 is 0. The Kier molecular flexibility index (Phi) is 3.59. The first-order valence-corrected chi connectivity index (χ1v) is 9.09. The first-order valence-electron chi connectivity index (χ1n) is 9.09. The highest BCUT2D eigenvalue weighted by Crippen LogP contribution is 2.33. The van der Waals surface area contributed by atoms with Crippen molar-refractivity contribution in [2.45, 2.75) is 31.7 Å². The third-order valence-electron chi connectivity index (χ3n) is 4.90. The number of aromatic nitrogens is 3. The average molecular weight is 365 g/mol. The monoisotopic (exact) mass is 365 g/mol. The van der Waals surface area contributed by atoms with E-state index in [0.717, 1.165) is 35.6 Å². The SMILES string of the molecule is O=C(Nc1cccc2c1[nH]c1ncnc(NN3CCCC3=O)c12)NC1CC1. The number of H-pyrrole nitrogens is 1. The topological polar surface area (TPSA) is 115 Å². The molecule has 3 aromatic rings. The van der Waals surface area contributed by atoms with Crippen molar-refractivity contribution in [1.29, 1.82) is 0 Å². The van der Waals surface area contributed by atoms with Gasteiger partial charge in [0.1, 0.15) is 12.0 Å². The van der Waals surface area contributed by atoms with Gasteiger partial charge in [0, 0.05) is 24.4 Å². The van der Waals surface area contributed by atoms with Crippen LogP contribution in [0.1, 0.15) is 25.7 Å². The highest BCUT2D eigenvalue weighted by molar-refractivity contribution is 6.15. The molecule has 0 bridgehead atoms. The third kappa shape index (κ3) is 2.90. The molecule has 2 fully saturated rings. The van der Waals surface area contributed by atoms with Crippen LogP contribution in [0, 0.1) is 0 Å². The Morgan fingerprint density at radius 1 is 1.26 bits per heavy atom. The maximum absolute atomic E-state index is 12.1. The number of carbonyl (C=O) groups excluding carboxylic acids is 2. The van der Waals surface area contributed by atoms with Crippen molar-refractivity contribution < 1.29 is 9.59 Å². The lowest BCUT2D eigenvalue weighted by molar-refractivity contribution is -0.126. The van der Waals surface area contributed by atoms with E-state index in [1.807, 2.05) is 18.2 Å². The highest BCUT2D eigenvalue weighted by Gasteiger charge is 2.24. The minimum Gasteiger partial charge on any atom is -0.337 e. The first-order chi connectivity index (χ1) is 13.2. The van der Waals surface area contributed by atoms with Gasteiger partial charge < -0.3 is 15.6 Å². The number of hydrazine groups is 1. The number of hydrogen-bond donors (Lipinski definition) is 4. The van der Waals surface area contributed by atoms with Crippen molar-refractivity contribution in [3.05, 3.63) is 24.5 Å². The molecule has 1 aromatic carbocycles. The van der Waals surface area contributed by atoms with Crippen LogP contribution in [0.15, 0.2) is 24.5 Å². The Morgan fingerprint density at radius 2 is 2.15 bits per heavy atom. The lowest BCUT2D eigenvalue weighted by atomic mass is 10.2. The second kappa shape index (κ2) is 6.11. The van der Waals surface area contributed by atoms with Gasteiger partial charge in [-0.1, -0.05) is 12.1 Å². The smallest absolute Gasteiger partial charge is 0.319 e. The van der Waals surface area contributed by atoms with Crippen molar-refractivity contribution in [2.75, 3.05) is 17.3 Å². The molecule has 138 valence electrons. The minimum atomic E-state index is -0.212. The van der Waals surface area contributed by atoms with E-state index in [2.05, 4.69) is 31.0 Å². The number of fused-ring (bicyclic) bond motifs is 3. The summed E-state index contributed by atoms with van der Waals surface area (Å²) in [5, 5.41) is 9.08. The highest BCUT2D eigenvalue weighted by atomic mass is 16.2. The number of para-hydroxylation sites is 1. The number of rotatable bonds is 4. The van der Waals surface area contributed by atoms with Crippen LogP contribution < -0.4 is 16.1 Å². The zero-order valence-electron chi connectivity index (χ0n) is 14.6. The van der Waals surface area contributed by atoms with Gasteiger partial charge >= 0.3 is 6.03 Å². The molecule has 1 saturated carbocycles. The van der Waals surface area contributed by atoms with Gasteiger partial charge in [0.2, 0.25) is 5.91 Å². The van der Waals surface area contributed by atoms with Crippen molar-refractivity contribution in [3.63, 3.8) is 0 Å². The molecule has 27 heavy (non-hydrogen) atoms. The summed E-state index contributed by atoms with van der Waals surface area (Å²) in [7, 11) is 0. The average Bonchev–Trinajstić information content (AvgIpc) is 3.23. The molecule has 1 saturated heterocycles. The second-order valence-electron chi connectivity index (χ2n) is 6.93. The Balaban J connectivity index is 1.54. The van der Waals surface area contributed by atoms with Gasteiger partial charge in [-0.05, 0) is 25.3 Å². The number of amides is 3. The third-order valence-corrected chi connectivity index (χ3v) is 4.90. The molecule has 3 amide bonds. The van der Waals surface area contributed by atoms with Crippen molar-refractivity contribution in [2.24, 2.45) is 0 Å². The maximum Gasteiger partial charge on any atom is 0.319 e. The second-order valence-corrected chi connectivity index (χ2v) is 6.93. The molecule has 5 rings (SSSR count). The predicted octanol–water partition coefficient (Wildman–Crippen LogP) is 2.34. The summed E-state index contributed by atoms with van der Waals surface area (Å²) < 4.78 is 0. The van der Waals surface area contributed by atoms with Gasteiger partial charge in [-0.25, -0.2) is 14.8 Å². The molecule has 0 unspecified atom stereocenters. The van der Waals surface area contributed by atoms with E-state index in [4.69, 9.17) is 0 Å². The van der Waals surface area contributed by atoms with Crippen molar-refractivity contribution in [1.82, 2.24) is 25.3 Å². The van der Waals surface area contributed by atoms with Crippen LogP contribution in [-0.2, 0) is 4.79 Å². The van der Waals surface area contributed by atoms with Crippen LogP contribution in [0.25, 0.3) is 21.9 Å². The Labute approximate surface area is 154 Å². The van der Waals surface area contributed by atoms with Gasteiger partial charge in [0.25, 0.3) is 0 Å². The zero-order chi connectivity index (χ0) is 18.4. The molecular weight excluding hydrogens is 346 g/mol. The quantitative estimate of drug-likeness (QED) is 0.566. The summed E-state index contributed by atoms with van der Waals surface area (Å²) in [5.41, 5.74) is 5.21. The van der Waals surface area contributed by atoms with Gasteiger partial charge in [-0.3, -0.25) is 15.2 Å². The Bertz CT molecular complexity index is 1060. The molecule has 9 heteroatoms. The minimum absolute atomic E-state index is 0.0562. The molecule has 0 radical (unpaired) electrons. The van der Waals surface area contributed by atoms with E-state index in [1.165, 1.54) is 6.33 Å². The summed E-state index contributed by atoms with van der Waals surface area (Å²) in [4.78, 5) is 36.0. The van der Waals surface area contributed by atoms with Crippen LogP contribution in [0.2, 0.25) is 0 Å². The molecule has 1 aliphatic carbocycles. The summed E-state index contributed by atoms with van der Waals surface area (Å²) in [5.74, 6) is 0.627.